The summed E-state index contributed by atoms with van der Waals surface area (Å²) >= 11 is 0. The molecule has 3 aromatic rings. The Bertz CT molecular complexity index is 1200. The molecule has 1 aliphatic heterocycles. The van der Waals surface area contributed by atoms with Crippen molar-refractivity contribution in [3.63, 3.8) is 0 Å². The lowest BCUT2D eigenvalue weighted by Crippen LogP contribution is -2.45. The van der Waals surface area contributed by atoms with E-state index >= 15 is 0 Å². The average Bonchev–Trinajstić information content (AvgIpc) is 3.35. The largest absolute Gasteiger partial charge is 0.486 e. The molecule has 0 saturated carbocycles. The second-order valence-corrected chi connectivity index (χ2v) is 9.98. The quantitative estimate of drug-likeness (QED) is 0.461. The minimum Gasteiger partial charge on any atom is -0.486 e. The lowest BCUT2D eigenvalue weighted by atomic mass is 9.85. The van der Waals surface area contributed by atoms with Crippen LogP contribution in [-0.2, 0) is 22.6 Å². The lowest BCUT2D eigenvalue weighted by molar-refractivity contribution is -0.141. The maximum absolute atomic E-state index is 13.4. The van der Waals surface area contributed by atoms with E-state index in [1.807, 2.05) is 56.0 Å². The van der Waals surface area contributed by atoms with Crippen molar-refractivity contribution in [1.82, 2.24) is 10.2 Å². The van der Waals surface area contributed by atoms with Crippen LogP contribution in [0.5, 0.6) is 5.75 Å². The highest BCUT2D eigenvalue weighted by atomic mass is 16.5. The van der Waals surface area contributed by atoms with Crippen LogP contribution in [0.25, 0.3) is 0 Å². The van der Waals surface area contributed by atoms with Gasteiger partial charge >= 0.3 is 0 Å². The van der Waals surface area contributed by atoms with Crippen molar-refractivity contribution in [3.8, 4) is 5.75 Å². The fraction of sp³-hybridized carbons (Fsp3) is 0.379. The van der Waals surface area contributed by atoms with E-state index in [1.54, 1.807) is 19.2 Å². The van der Waals surface area contributed by atoms with Crippen LogP contribution in [-0.4, -0.2) is 43.5 Å². The van der Waals surface area contributed by atoms with Crippen LogP contribution in [0, 0.1) is 5.41 Å². The molecule has 0 aliphatic carbocycles. The molecular formula is C29H34N2O5. The number of fused-ring (bicyclic) bond motifs is 1. The van der Waals surface area contributed by atoms with Crippen LogP contribution < -0.4 is 10.1 Å². The Morgan fingerprint density at radius 3 is 2.58 bits per heavy atom. The first kappa shape index (κ1) is 25.5. The summed E-state index contributed by atoms with van der Waals surface area (Å²) in [6.45, 7) is 7.58. The van der Waals surface area contributed by atoms with Crippen LogP contribution in [0.1, 0.15) is 59.8 Å². The van der Waals surface area contributed by atoms with Gasteiger partial charge in [0.05, 0.1) is 12.6 Å². The van der Waals surface area contributed by atoms with Crippen LogP contribution in [0.2, 0.25) is 0 Å². The summed E-state index contributed by atoms with van der Waals surface area (Å²) in [5, 5.41) is 2.73. The van der Waals surface area contributed by atoms with Crippen molar-refractivity contribution in [1.29, 1.82) is 0 Å². The van der Waals surface area contributed by atoms with Gasteiger partial charge in [-0.2, -0.15) is 0 Å². The number of carbonyl (C=O) groups excluding carboxylic acids is 2. The minimum atomic E-state index is -0.481. The molecule has 190 valence electrons. The van der Waals surface area contributed by atoms with Gasteiger partial charge in [-0.05, 0) is 47.4 Å². The van der Waals surface area contributed by atoms with Gasteiger partial charge in [0.1, 0.15) is 18.1 Å². The first-order valence-corrected chi connectivity index (χ1v) is 12.3. The van der Waals surface area contributed by atoms with E-state index in [-0.39, 0.29) is 30.2 Å². The van der Waals surface area contributed by atoms with Gasteiger partial charge < -0.3 is 24.1 Å². The number of ether oxygens (including phenoxy) is 2. The molecule has 4 rings (SSSR count). The number of amides is 2. The Kier molecular flexibility index (Phi) is 7.79. The molecule has 36 heavy (non-hydrogen) atoms. The number of nitrogens with one attached hydrogen (secondary N) is 1. The number of hydrogen-bond donors (Lipinski definition) is 1. The smallest absolute Gasteiger partial charge is 0.287 e. The van der Waals surface area contributed by atoms with E-state index in [0.29, 0.717) is 31.2 Å². The highest BCUT2D eigenvalue weighted by Gasteiger charge is 2.37. The maximum atomic E-state index is 13.4. The fourth-order valence-electron chi connectivity index (χ4n) is 4.41. The first-order chi connectivity index (χ1) is 17.3. The number of rotatable bonds is 8. The number of furan rings is 1. The summed E-state index contributed by atoms with van der Waals surface area (Å²) in [6.07, 6.45) is 0.792. The summed E-state index contributed by atoms with van der Waals surface area (Å²) in [7, 11) is 1.58. The van der Waals surface area contributed by atoms with Gasteiger partial charge in [-0.1, -0.05) is 57.2 Å². The summed E-state index contributed by atoms with van der Waals surface area (Å²) in [5.41, 5.74) is 2.87. The van der Waals surface area contributed by atoms with Gasteiger partial charge in [0.2, 0.25) is 5.91 Å². The van der Waals surface area contributed by atoms with Gasteiger partial charge in [-0.25, -0.2) is 0 Å². The topological polar surface area (TPSA) is 81.0 Å². The molecule has 7 heteroatoms. The van der Waals surface area contributed by atoms with E-state index in [2.05, 4.69) is 23.5 Å². The minimum absolute atomic E-state index is 0.125. The highest BCUT2D eigenvalue weighted by molar-refractivity contribution is 5.91. The van der Waals surface area contributed by atoms with E-state index in [0.717, 1.165) is 17.5 Å². The number of benzene rings is 2. The molecule has 0 fully saturated rings. The zero-order chi connectivity index (χ0) is 25.7. The van der Waals surface area contributed by atoms with E-state index < -0.39 is 5.41 Å². The van der Waals surface area contributed by atoms with Crippen molar-refractivity contribution in [3.05, 3.63) is 88.9 Å². The van der Waals surface area contributed by atoms with Crippen molar-refractivity contribution in [2.45, 2.75) is 39.8 Å². The summed E-state index contributed by atoms with van der Waals surface area (Å²) in [4.78, 5) is 27.5. The average molecular weight is 491 g/mol. The molecule has 7 nitrogen and oxygen atoms in total. The SMILES string of the molecule is COCCNC(=O)c1ccc(COc2ccc3c(c2)C(c2ccccc2)N(C(=O)C(C)(C)C)CC3)o1. The summed E-state index contributed by atoms with van der Waals surface area (Å²) < 4.78 is 16.6. The Hall–Kier alpha value is -3.58. The first-order valence-electron chi connectivity index (χ1n) is 12.3. The molecule has 2 amide bonds. The highest BCUT2D eigenvalue weighted by Crippen LogP contribution is 2.39. The molecule has 1 unspecified atom stereocenters. The van der Waals surface area contributed by atoms with Gasteiger partial charge in [0.25, 0.3) is 5.91 Å². The molecule has 1 aromatic heterocycles. The Morgan fingerprint density at radius 2 is 1.86 bits per heavy atom. The van der Waals surface area contributed by atoms with Gasteiger partial charge in [0, 0.05) is 25.6 Å². The third kappa shape index (κ3) is 5.79. The van der Waals surface area contributed by atoms with Crippen LogP contribution in [0.3, 0.4) is 0 Å². The Balaban J connectivity index is 1.54. The molecule has 0 spiro atoms. The van der Waals surface area contributed by atoms with Gasteiger partial charge in [0.15, 0.2) is 5.76 Å². The maximum Gasteiger partial charge on any atom is 0.287 e. The number of hydrogen-bond acceptors (Lipinski definition) is 5. The van der Waals surface area contributed by atoms with Crippen molar-refractivity contribution >= 4 is 11.8 Å². The van der Waals surface area contributed by atoms with Crippen molar-refractivity contribution in [2.75, 3.05) is 26.8 Å². The lowest BCUT2D eigenvalue weighted by Gasteiger charge is -2.41. The zero-order valence-electron chi connectivity index (χ0n) is 21.4. The molecular weight excluding hydrogens is 456 g/mol. The second kappa shape index (κ2) is 11.0. The predicted molar refractivity (Wildman–Crippen MR) is 137 cm³/mol. The number of methoxy groups -OCH3 is 1. The molecule has 1 aliphatic rings. The fourth-order valence-corrected chi connectivity index (χ4v) is 4.41. The molecule has 2 heterocycles. The van der Waals surface area contributed by atoms with Crippen LogP contribution in [0.15, 0.2) is 65.1 Å². The molecule has 1 N–H and O–H groups in total. The van der Waals surface area contributed by atoms with Crippen molar-refractivity contribution < 1.29 is 23.5 Å². The van der Waals surface area contributed by atoms with Crippen LogP contribution in [0.4, 0.5) is 0 Å². The Morgan fingerprint density at radius 1 is 1.08 bits per heavy atom. The predicted octanol–water partition coefficient (Wildman–Crippen LogP) is 4.76. The summed E-state index contributed by atoms with van der Waals surface area (Å²) in [5.74, 6) is 1.30. The third-order valence-corrected chi connectivity index (χ3v) is 6.22. The van der Waals surface area contributed by atoms with Crippen LogP contribution >= 0.6 is 0 Å². The van der Waals surface area contributed by atoms with Gasteiger partial charge in [-0.15, -0.1) is 0 Å². The molecule has 1 atom stereocenters. The monoisotopic (exact) mass is 490 g/mol. The van der Waals surface area contributed by atoms with E-state index in [4.69, 9.17) is 13.9 Å². The molecule has 0 radical (unpaired) electrons. The van der Waals surface area contributed by atoms with Crippen molar-refractivity contribution in [2.24, 2.45) is 5.41 Å². The number of nitrogens with zero attached hydrogens (tertiary/aromatic N) is 1. The molecule has 0 bridgehead atoms. The van der Waals surface area contributed by atoms with E-state index in [9.17, 15) is 9.59 Å². The Labute approximate surface area is 212 Å². The van der Waals surface area contributed by atoms with Gasteiger partial charge in [-0.3, -0.25) is 9.59 Å². The third-order valence-electron chi connectivity index (χ3n) is 6.22. The number of carbonyl (C=O) groups is 2. The zero-order valence-corrected chi connectivity index (χ0v) is 21.4. The van der Waals surface area contributed by atoms with E-state index in [1.165, 1.54) is 5.56 Å². The second-order valence-electron chi connectivity index (χ2n) is 9.98. The normalized spacial score (nSPS) is 15.3. The molecule has 2 aromatic carbocycles. The standard InChI is InChI=1S/C29H34N2O5/c1-29(2,3)28(33)31-16-14-20-10-11-22(18-24(20)26(31)21-8-6-5-7-9-21)35-19-23-12-13-25(36-23)27(32)30-15-17-34-4/h5-13,18,26H,14-17,19H2,1-4H3,(H,30,32). The molecule has 0 saturated heterocycles. The summed E-state index contributed by atoms with van der Waals surface area (Å²) in [6, 6.07) is 19.4.